The fourth-order valence-corrected chi connectivity index (χ4v) is 7.90. The lowest BCUT2D eigenvalue weighted by Gasteiger charge is -2.69. The summed E-state index contributed by atoms with van der Waals surface area (Å²) < 4.78 is 11.6. The second kappa shape index (κ2) is 5.84. The van der Waals surface area contributed by atoms with Crippen molar-refractivity contribution in [2.45, 2.75) is 58.0 Å². The molecule has 0 aromatic heterocycles. The fraction of sp³-hybridized carbons (Fsp3) is 0.773. The van der Waals surface area contributed by atoms with Crippen molar-refractivity contribution in [3.63, 3.8) is 0 Å². The zero-order valence-corrected chi connectivity index (χ0v) is 17.1. The molecule has 1 aliphatic heterocycles. The van der Waals surface area contributed by atoms with Gasteiger partial charge < -0.3 is 9.47 Å². The van der Waals surface area contributed by atoms with Crippen LogP contribution in [0.4, 0.5) is 0 Å². The van der Waals surface area contributed by atoms with Crippen molar-refractivity contribution in [2.75, 3.05) is 12.5 Å². The van der Waals surface area contributed by atoms with Gasteiger partial charge in [-0.2, -0.15) is 0 Å². The topological polar surface area (TPSA) is 69.7 Å². The van der Waals surface area contributed by atoms with Crippen molar-refractivity contribution in [3.05, 3.63) is 12.2 Å². The molecule has 4 bridgehead atoms. The summed E-state index contributed by atoms with van der Waals surface area (Å²) in [5, 5.41) is 0. The lowest BCUT2D eigenvalue weighted by atomic mass is 9.35. The molecule has 1 spiro atoms. The standard InChI is InChI=1S/C22H27ClO5/c1-12-13-4-7-22(18(12)25)15(8-13)21-6-3-5-20(2,11-27-19(21)26)14(21)9-16(22)28-17(24)10-23/h13-16H,1,3-11H2,2H3/t13-,14?,15?,16+,20-,21-,22?/m0/s1. The molecule has 3 unspecified atom stereocenters. The number of carbonyl (C=O) groups is 3. The number of fused-ring (bicyclic) bond motifs is 2. The van der Waals surface area contributed by atoms with Crippen LogP contribution in [-0.2, 0) is 23.9 Å². The first-order chi connectivity index (χ1) is 13.3. The van der Waals surface area contributed by atoms with E-state index in [0.717, 1.165) is 32.1 Å². The van der Waals surface area contributed by atoms with Gasteiger partial charge in [0, 0.05) is 5.41 Å². The van der Waals surface area contributed by atoms with Crippen LogP contribution >= 0.6 is 11.6 Å². The van der Waals surface area contributed by atoms with Gasteiger partial charge in [0.1, 0.15) is 12.0 Å². The molecule has 1 saturated heterocycles. The highest BCUT2D eigenvalue weighted by atomic mass is 35.5. The molecule has 6 aliphatic rings. The monoisotopic (exact) mass is 406 g/mol. The first-order valence-electron chi connectivity index (χ1n) is 10.5. The van der Waals surface area contributed by atoms with Crippen LogP contribution in [0.5, 0.6) is 0 Å². The van der Waals surface area contributed by atoms with Gasteiger partial charge in [0.25, 0.3) is 0 Å². The van der Waals surface area contributed by atoms with Crippen molar-refractivity contribution in [3.8, 4) is 0 Å². The van der Waals surface area contributed by atoms with Gasteiger partial charge in [0.05, 0.1) is 17.4 Å². The van der Waals surface area contributed by atoms with E-state index in [9.17, 15) is 14.4 Å². The number of hydrogen-bond acceptors (Lipinski definition) is 5. The minimum Gasteiger partial charge on any atom is -0.465 e. The number of cyclic esters (lactones) is 1. The summed E-state index contributed by atoms with van der Waals surface area (Å²) in [6, 6.07) is 0. The molecule has 28 heavy (non-hydrogen) atoms. The number of rotatable bonds is 2. The number of alkyl halides is 1. The van der Waals surface area contributed by atoms with Crippen LogP contribution in [-0.4, -0.2) is 36.3 Å². The van der Waals surface area contributed by atoms with Gasteiger partial charge in [0.2, 0.25) is 0 Å². The number of allylic oxidation sites excluding steroid dienone is 1. The van der Waals surface area contributed by atoms with E-state index in [2.05, 4.69) is 13.5 Å². The van der Waals surface area contributed by atoms with E-state index in [0.29, 0.717) is 25.0 Å². The van der Waals surface area contributed by atoms with E-state index in [1.165, 1.54) is 0 Å². The van der Waals surface area contributed by atoms with Crippen molar-refractivity contribution in [1.29, 1.82) is 0 Å². The summed E-state index contributed by atoms with van der Waals surface area (Å²) in [6.07, 6.45) is 5.02. The molecule has 6 rings (SSSR count). The molecule has 7 atom stereocenters. The van der Waals surface area contributed by atoms with Crippen molar-refractivity contribution < 1.29 is 23.9 Å². The number of carbonyl (C=O) groups excluding carboxylic acids is 3. The van der Waals surface area contributed by atoms with Crippen LogP contribution in [0.1, 0.15) is 51.9 Å². The van der Waals surface area contributed by atoms with Crippen molar-refractivity contribution >= 4 is 29.3 Å². The maximum atomic E-state index is 13.6. The molecule has 0 N–H and O–H groups in total. The highest BCUT2D eigenvalue weighted by Gasteiger charge is 2.76. The number of halogens is 1. The van der Waals surface area contributed by atoms with E-state index in [4.69, 9.17) is 21.1 Å². The van der Waals surface area contributed by atoms with Crippen molar-refractivity contribution in [1.82, 2.24) is 0 Å². The Morgan fingerprint density at radius 2 is 2.00 bits per heavy atom. The molecule has 5 aliphatic carbocycles. The van der Waals surface area contributed by atoms with Gasteiger partial charge in [-0.05, 0) is 61.9 Å². The SMILES string of the molecule is C=C1C(=O)C23CC[C@H]1CC2[C@@]12CCC[C@@](C)(COC1=O)C2C[C@H]3OC(=O)CCl. The Hall–Kier alpha value is -1.36. The Bertz CT molecular complexity index is 792. The van der Waals surface area contributed by atoms with Crippen LogP contribution in [0.3, 0.4) is 0 Å². The summed E-state index contributed by atoms with van der Waals surface area (Å²) in [5.41, 5.74) is -0.967. The molecule has 152 valence electrons. The highest BCUT2D eigenvalue weighted by molar-refractivity contribution is 6.26. The summed E-state index contributed by atoms with van der Waals surface area (Å²) in [5.74, 6) is -0.798. The molecule has 0 aromatic rings. The maximum Gasteiger partial charge on any atom is 0.321 e. The second-order valence-corrected chi connectivity index (χ2v) is 10.2. The van der Waals surface area contributed by atoms with Crippen molar-refractivity contribution in [2.24, 2.45) is 34.0 Å². The predicted molar refractivity (Wildman–Crippen MR) is 101 cm³/mol. The quantitative estimate of drug-likeness (QED) is 0.399. The molecule has 0 amide bonds. The predicted octanol–water partition coefficient (Wildman–Crippen LogP) is 3.43. The molecular formula is C22H27ClO5. The Morgan fingerprint density at radius 3 is 2.75 bits per heavy atom. The molecule has 5 nitrogen and oxygen atoms in total. The fourth-order valence-electron chi connectivity index (χ4n) is 7.83. The largest absolute Gasteiger partial charge is 0.465 e. The molecule has 5 saturated carbocycles. The lowest BCUT2D eigenvalue weighted by Crippen LogP contribution is -2.73. The molecule has 0 radical (unpaired) electrons. The van der Waals surface area contributed by atoms with Crippen LogP contribution in [0.15, 0.2) is 12.2 Å². The van der Waals surface area contributed by atoms with E-state index >= 15 is 0 Å². The van der Waals surface area contributed by atoms with Gasteiger partial charge in [-0.3, -0.25) is 14.4 Å². The molecular weight excluding hydrogens is 380 g/mol. The van der Waals surface area contributed by atoms with Crippen LogP contribution in [0, 0.1) is 34.0 Å². The molecule has 0 aromatic carbocycles. The highest BCUT2D eigenvalue weighted by Crippen LogP contribution is 2.73. The number of hydrogen-bond donors (Lipinski definition) is 0. The smallest absolute Gasteiger partial charge is 0.321 e. The minimum absolute atomic E-state index is 0.00541. The third kappa shape index (κ3) is 2.02. The normalized spacial score (nSPS) is 49.1. The van der Waals surface area contributed by atoms with Gasteiger partial charge in [-0.15, -0.1) is 11.6 Å². The minimum atomic E-state index is -0.849. The Morgan fingerprint density at radius 1 is 1.21 bits per heavy atom. The van der Waals surface area contributed by atoms with E-state index < -0.39 is 22.9 Å². The van der Waals surface area contributed by atoms with Gasteiger partial charge in [-0.1, -0.05) is 19.9 Å². The average Bonchev–Trinajstić information content (AvgIpc) is 2.69. The zero-order valence-electron chi connectivity index (χ0n) is 16.3. The molecule has 6 heteroatoms. The molecule has 6 fully saturated rings. The Labute approximate surface area is 170 Å². The number of esters is 2. The summed E-state index contributed by atoms with van der Waals surface area (Å²) in [7, 11) is 0. The van der Waals surface area contributed by atoms with Crippen LogP contribution < -0.4 is 0 Å². The summed E-state index contributed by atoms with van der Waals surface area (Å²) >= 11 is 5.74. The zero-order chi connectivity index (χ0) is 19.9. The van der Waals surface area contributed by atoms with Gasteiger partial charge >= 0.3 is 11.9 Å². The van der Waals surface area contributed by atoms with Crippen LogP contribution in [0.25, 0.3) is 0 Å². The molecule has 1 heterocycles. The summed E-state index contributed by atoms with van der Waals surface area (Å²) in [6.45, 7) is 6.69. The average molecular weight is 407 g/mol. The first-order valence-corrected chi connectivity index (χ1v) is 11.0. The van der Waals surface area contributed by atoms with Gasteiger partial charge in [-0.25, -0.2) is 0 Å². The second-order valence-electron chi connectivity index (χ2n) is 9.94. The third-order valence-corrected chi connectivity index (χ3v) is 9.22. The maximum absolute atomic E-state index is 13.6. The van der Waals surface area contributed by atoms with E-state index in [1.807, 2.05) is 0 Å². The van der Waals surface area contributed by atoms with E-state index in [1.54, 1.807) is 0 Å². The number of ether oxygens (including phenoxy) is 2. The third-order valence-electron chi connectivity index (χ3n) is 9.00. The van der Waals surface area contributed by atoms with Gasteiger partial charge in [0.15, 0.2) is 5.78 Å². The van der Waals surface area contributed by atoms with Crippen LogP contribution in [0.2, 0.25) is 0 Å². The first kappa shape index (κ1) is 18.7. The number of Topliss-reactive ketones (excluding diaryl/α,β-unsaturated/α-hetero) is 1. The van der Waals surface area contributed by atoms with E-state index in [-0.39, 0.29) is 40.8 Å². The Kier molecular flexibility index (Phi) is 3.89. The Balaban J connectivity index is 1.69. The lowest BCUT2D eigenvalue weighted by molar-refractivity contribution is -0.257. The summed E-state index contributed by atoms with van der Waals surface area (Å²) in [4.78, 5) is 39.1. The number of ketones is 1.